The zero-order chi connectivity index (χ0) is 7.28. The van der Waals surface area contributed by atoms with Crippen molar-refractivity contribution >= 4 is 16.7 Å². The molecule has 0 aromatic carbocycles. The van der Waals surface area contributed by atoms with E-state index in [0.29, 0.717) is 0 Å². The molecule has 0 aromatic rings. The maximum absolute atomic E-state index is 12.1. The number of rotatable bonds is 3. The molecule has 2 N–H and O–H groups in total. The standard InChI is InChI=1S/C2H8F2N3P2/c1-5-8(3)7-9(4)6-2/h1-2H3,(H2,5,6,7)/q+1. The molecule has 0 aliphatic carbocycles. The van der Waals surface area contributed by atoms with Crippen molar-refractivity contribution in [3.63, 3.8) is 0 Å². The zero-order valence-electron chi connectivity index (χ0n) is 5.10. The minimum atomic E-state index is -2.16. The van der Waals surface area contributed by atoms with E-state index in [2.05, 4.69) is 9.83 Å². The molecular weight excluding hydrogens is 166 g/mol. The summed E-state index contributed by atoms with van der Waals surface area (Å²) in [7, 11) is -1.50. The summed E-state index contributed by atoms with van der Waals surface area (Å²) in [5.74, 6) is 0. The van der Waals surface area contributed by atoms with E-state index in [4.69, 9.17) is 0 Å². The van der Waals surface area contributed by atoms with E-state index in [1.807, 2.05) is 4.86 Å². The van der Waals surface area contributed by atoms with Crippen molar-refractivity contribution in [2.24, 2.45) is 4.74 Å². The average molecular weight is 174 g/mol. The molecule has 0 bridgehead atoms. The fourth-order valence-corrected chi connectivity index (χ4v) is 1.50. The Kier molecular flexibility index (Phi) is 5.30. The number of halogens is 2. The van der Waals surface area contributed by atoms with Gasteiger partial charge in [0.1, 0.15) is 0 Å². The lowest BCUT2D eigenvalue weighted by Crippen LogP contribution is -2.02. The largest absolute Gasteiger partial charge is 0.533 e. The first-order chi connectivity index (χ1) is 4.20. The second-order valence-electron chi connectivity index (χ2n) is 1.06. The Morgan fingerprint density at radius 2 is 2.22 bits per heavy atom. The molecular formula is C2H8F2N3P2+. The van der Waals surface area contributed by atoms with Crippen LogP contribution in [0.5, 0.6) is 0 Å². The molecule has 0 saturated heterocycles. The average Bonchev–Trinajstić information content (AvgIpc) is 1.87. The van der Waals surface area contributed by atoms with E-state index in [1.165, 1.54) is 14.1 Å². The van der Waals surface area contributed by atoms with Crippen molar-refractivity contribution in [2.75, 3.05) is 14.1 Å². The van der Waals surface area contributed by atoms with E-state index in [9.17, 15) is 8.39 Å². The van der Waals surface area contributed by atoms with Gasteiger partial charge in [0.15, 0.2) is 0 Å². The number of hydrogen-bond donors (Lipinski definition) is 2. The summed E-state index contributed by atoms with van der Waals surface area (Å²) in [4.78, 5) is 2.00. The molecule has 0 fully saturated rings. The highest BCUT2D eigenvalue weighted by Crippen LogP contribution is 2.36. The molecule has 0 aliphatic heterocycles. The van der Waals surface area contributed by atoms with Crippen molar-refractivity contribution in [2.45, 2.75) is 0 Å². The first kappa shape index (κ1) is 9.31. The lowest BCUT2D eigenvalue weighted by molar-refractivity contribution is 0.836. The van der Waals surface area contributed by atoms with Crippen molar-refractivity contribution in [1.82, 2.24) is 9.95 Å². The van der Waals surface area contributed by atoms with Gasteiger partial charge in [-0.2, -0.15) is 4.20 Å². The molecule has 9 heavy (non-hydrogen) atoms. The summed E-state index contributed by atoms with van der Waals surface area (Å²) in [6, 6.07) is 0. The zero-order valence-corrected chi connectivity index (χ0v) is 6.89. The molecule has 0 aliphatic rings. The van der Waals surface area contributed by atoms with Gasteiger partial charge in [-0.05, 0) is 11.9 Å². The van der Waals surface area contributed by atoms with Gasteiger partial charge in [0.25, 0.3) is 8.53 Å². The van der Waals surface area contributed by atoms with Crippen LogP contribution in [0.25, 0.3) is 0 Å². The third-order valence-electron chi connectivity index (χ3n) is 0.542. The van der Waals surface area contributed by atoms with Crippen LogP contribution in [0.2, 0.25) is 0 Å². The molecule has 54 valence electrons. The molecule has 2 unspecified atom stereocenters. The topological polar surface area (TPSA) is 36.4 Å². The number of nitrogens with one attached hydrogen (secondary N) is 2. The first-order valence-corrected chi connectivity index (χ1v) is 4.57. The molecule has 0 saturated carbocycles. The van der Waals surface area contributed by atoms with Crippen LogP contribution in [0.15, 0.2) is 4.74 Å². The summed E-state index contributed by atoms with van der Waals surface area (Å²) in [5.41, 5.74) is 0. The maximum atomic E-state index is 12.1. The maximum Gasteiger partial charge on any atom is 0.533 e. The summed E-state index contributed by atoms with van der Waals surface area (Å²) in [6.45, 7) is 0. The molecule has 0 rings (SSSR count). The van der Waals surface area contributed by atoms with Crippen LogP contribution in [0.3, 0.4) is 0 Å². The van der Waals surface area contributed by atoms with Crippen LogP contribution in [0.4, 0.5) is 8.39 Å². The number of hydrogen-bond acceptors (Lipinski definition) is 2. The van der Waals surface area contributed by atoms with E-state index in [-0.39, 0.29) is 0 Å². The first-order valence-electron chi connectivity index (χ1n) is 2.16. The van der Waals surface area contributed by atoms with Gasteiger partial charge in [-0.3, -0.25) is 5.09 Å². The summed E-state index contributed by atoms with van der Waals surface area (Å²) in [6.07, 6.45) is 0. The van der Waals surface area contributed by atoms with E-state index < -0.39 is 16.7 Å². The second-order valence-corrected chi connectivity index (χ2v) is 3.79. The van der Waals surface area contributed by atoms with Gasteiger partial charge >= 0.3 is 8.17 Å². The van der Waals surface area contributed by atoms with Crippen molar-refractivity contribution in [3.8, 4) is 0 Å². The predicted octanol–water partition coefficient (Wildman–Crippen LogP) is 2.09. The third kappa shape index (κ3) is 4.79. The summed E-state index contributed by atoms with van der Waals surface area (Å²) < 4.78 is 27.4. The minimum absolute atomic E-state index is 1.30. The monoisotopic (exact) mass is 174 g/mol. The van der Waals surface area contributed by atoms with Crippen LogP contribution in [-0.2, 0) is 0 Å². The van der Waals surface area contributed by atoms with Crippen LogP contribution in [-0.4, -0.2) is 14.1 Å². The Balaban J connectivity index is 3.47. The lowest BCUT2D eigenvalue weighted by Gasteiger charge is -1.93. The normalized spacial score (nSPS) is 15.8. The van der Waals surface area contributed by atoms with Crippen LogP contribution >= 0.6 is 16.7 Å². The fraction of sp³-hybridized carbons (Fsp3) is 1.00. The van der Waals surface area contributed by atoms with Crippen LogP contribution in [0, 0.1) is 0 Å². The molecule has 7 heteroatoms. The summed E-state index contributed by atoms with van der Waals surface area (Å²) in [5, 5.41) is 2.23. The smallest absolute Gasteiger partial charge is 0.257 e. The molecule has 0 radical (unpaired) electrons. The Bertz CT molecular complexity index is 108. The van der Waals surface area contributed by atoms with Gasteiger partial charge in [-0.25, -0.2) is 0 Å². The Hall–Kier alpha value is 0.310. The van der Waals surface area contributed by atoms with Crippen LogP contribution in [0.1, 0.15) is 0 Å². The SMILES string of the molecule is CN=[P+](F)NP(F)NC. The van der Waals surface area contributed by atoms with Gasteiger partial charge in [0, 0.05) is 0 Å². The van der Waals surface area contributed by atoms with Crippen LogP contribution < -0.4 is 9.95 Å². The van der Waals surface area contributed by atoms with Gasteiger partial charge < -0.3 is 0 Å². The predicted molar refractivity (Wildman–Crippen MR) is 36.6 cm³/mol. The van der Waals surface area contributed by atoms with Gasteiger partial charge in [0.05, 0.1) is 11.2 Å². The van der Waals surface area contributed by atoms with Gasteiger partial charge in [0.2, 0.25) is 0 Å². The van der Waals surface area contributed by atoms with Crippen molar-refractivity contribution in [1.29, 1.82) is 0 Å². The summed E-state index contributed by atoms with van der Waals surface area (Å²) >= 11 is 0. The minimum Gasteiger partial charge on any atom is -0.257 e. The highest BCUT2D eigenvalue weighted by molar-refractivity contribution is 7.60. The highest BCUT2D eigenvalue weighted by atomic mass is 31.2. The van der Waals surface area contributed by atoms with Crippen molar-refractivity contribution < 1.29 is 8.39 Å². The highest BCUT2D eigenvalue weighted by Gasteiger charge is 2.17. The van der Waals surface area contributed by atoms with Gasteiger partial charge in [-0.15, -0.1) is 0 Å². The Labute approximate surface area is 54.9 Å². The molecule has 0 aromatic heterocycles. The quantitative estimate of drug-likeness (QED) is 0.642. The molecule has 2 atom stereocenters. The van der Waals surface area contributed by atoms with E-state index >= 15 is 0 Å². The van der Waals surface area contributed by atoms with Gasteiger partial charge in [-0.1, -0.05) is 4.74 Å². The number of nitrogens with zero attached hydrogens (tertiary/aromatic N) is 1. The Morgan fingerprint density at radius 1 is 1.67 bits per heavy atom. The molecule has 0 spiro atoms. The second kappa shape index (κ2) is 5.12. The van der Waals surface area contributed by atoms with E-state index in [0.717, 1.165) is 0 Å². The fourth-order valence-electron chi connectivity index (χ4n) is 0.167. The lowest BCUT2D eigenvalue weighted by atomic mass is 11.6. The molecule has 3 nitrogen and oxygen atoms in total. The molecule has 0 amide bonds. The van der Waals surface area contributed by atoms with Crippen molar-refractivity contribution in [3.05, 3.63) is 0 Å². The third-order valence-corrected chi connectivity index (χ3v) is 2.65. The Morgan fingerprint density at radius 3 is 2.56 bits per heavy atom. The van der Waals surface area contributed by atoms with E-state index in [1.54, 1.807) is 0 Å². The molecule has 0 heterocycles.